The Bertz CT molecular complexity index is 521. The molecule has 1 aromatic rings. The molecule has 0 saturated heterocycles. The molecule has 1 aliphatic rings. The first-order valence-corrected chi connectivity index (χ1v) is 6.89. The zero-order valence-corrected chi connectivity index (χ0v) is 11.9. The molecular formula is C16H18O5. The molecule has 1 heterocycles. The van der Waals surface area contributed by atoms with Gasteiger partial charge in [-0.05, 0) is 12.5 Å². The summed E-state index contributed by atoms with van der Waals surface area (Å²) in [7, 11) is 0. The lowest BCUT2D eigenvalue weighted by atomic mass is 10.1. The van der Waals surface area contributed by atoms with E-state index in [-0.39, 0.29) is 13.2 Å². The molecule has 0 aromatic heterocycles. The highest BCUT2D eigenvalue weighted by Crippen LogP contribution is 2.15. The highest BCUT2D eigenvalue weighted by molar-refractivity contribution is 5.89. The summed E-state index contributed by atoms with van der Waals surface area (Å²) in [5, 5.41) is 0. The number of carbonyl (C=O) groups excluding carboxylic acids is 2. The fraction of sp³-hybridized carbons (Fsp3) is 0.375. The first kappa shape index (κ1) is 15.3. The van der Waals surface area contributed by atoms with Crippen molar-refractivity contribution in [2.45, 2.75) is 26.1 Å². The minimum Gasteiger partial charge on any atom is -0.463 e. The van der Waals surface area contributed by atoms with Crippen LogP contribution in [0.15, 0.2) is 42.0 Å². The SMILES string of the molecule is CCOC(=O)C1=CCC(C(=O)OCc2ccccc2)OC1. The highest BCUT2D eigenvalue weighted by atomic mass is 16.6. The van der Waals surface area contributed by atoms with Crippen LogP contribution in [0.25, 0.3) is 0 Å². The van der Waals surface area contributed by atoms with Crippen molar-refractivity contribution >= 4 is 11.9 Å². The molecule has 0 N–H and O–H groups in total. The zero-order valence-electron chi connectivity index (χ0n) is 11.9. The summed E-state index contributed by atoms with van der Waals surface area (Å²) in [6.45, 7) is 2.35. The molecule has 21 heavy (non-hydrogen) atoms. The quantitative estimate of drug-likeness (QED) is 0.776. The van der Waals surface area contributed by atoms with Crippen molar-refractivity contribution in [1.82, 2.24) is 0 Å². The van der Waals surface area contributed by atoms with E-state index in [1.807, 2.05) is 30.3 Å². The van der Waals surface area contributed by atoms with Crippen molar-refractivity contribution in [1.29, 1.82) is 0 Å². The summed E-state index contributed by atoms with van der Waals surface area (Å²) < 4.78 is 15.4. The predicted molar refractivity (Wildman–Crippen MR) is 75.3 cm³/mol. The number of hydrogen-bond acceptors (Lipinski definition) is 5. The van der Waals surface area contributed by atoms with E-state index in [1.54, 1.807) is 13.0 Å². The van der Waals surface area contributed by atoms with Crippen LogP contribution < -0.4 is 0 Å². The molecule has 0 fully saturated rings. The molecule has 1 aliphatic heterocycles. The molecule has 5 heteroatoms. The van der Waals surface area contributed by atoms with Gasteiger partial charge in [0.05, 0.1) is 18.8 Å². The summed E-state index contributed by atoms with van der Waals surface area (Å²) in [5.74, 6) is -0.813. The van der Waals surface area contributed by atoms with Gasteiger partial charge in [-0.3, -0.25) is 0 Å². The van der Waals surface area contributed by atoms with Crippen LogP contribution in [0, 0.1) is 0 Å². The zero-order chi connectivity index (χ0) is 15.1. The maximum absolute atomic E-state index is 11.9. The molecule has 1 aromatic carbocycles. The van der Waals surface area contributed by atoms with Crippen LogP contribution in [0.4, 0.5) is 0 Å². The molecule has 1 atom stereocenters. The summed E-state index contributed by atoms with van der Waals surface area (Å²) >= 11 is 0. The number of hydrogen-bond donors (Lipinski definition) is 0. The summed E-state index contributed by atoms with van der Waals surface area (Å²) in [4.78, 5) is 23.4. The Balaban J connectivity index is 1.81. The molecule has 0 radical (unpaired) electrons. The number of rotatable bonds is 5. The largest absolute Gasteiger partial charge is 0.463 e. The monoisotopic (exact) mass is 290 g/mol. The average molecular weight is 290 g/mol. The smallest absolute Gasteiger partial charge is 0.336 e. The van der Waals surface area contributed by atoms with Crippen molar-refractivity contribution in [3.8, 4) is 0 Å². The second-order valence-corrected chi connectivity index (χ2v) is 4.58. The fourth-order valence-corrected chi connectivity index (χ4v) is 1.92. The Morgan fingerprint density at radius 1 is 1.24 bits per heavy atom. The molecule has 0 aliphatic carbocycles. The van der Waals surface area contributed by atoms with Crippen LogP contribution in [-0.4, -0.2) is 31.3 Å². The van der Waals surface area contributed by atoms with Crippen molar-refractivity contribution in [2.24, 2.45) is 0 Å². The van der Waals surface area contributed by atoms with Crippen molar-refractivity contribution in [3.05, 3.63) is 47.5 Å². The third-order valence-corrected chi connectivity index (χ3v) is 3.04. The van der Waals surface area contributed by atoms with E-state index < -0.39 is 18.0 Å². The van der Waals surface area contributed by atoms with Gasteiger partial charge in [0.25, 0.3) is 0 Å². The summed E-state index contributed by atoms with van der Waals surface area (Å²) in [6, 6.07) is 9.43. The lowest BCUT2D eigenvalue weighted by molar-refractivity contribution is -0.159. The van der Waals surface area contributed by atoms with Crippen LogP contribution >= 0.6 is 0 Å². The number of benzene rings is 1. The third-order valence-electron chi connectivity index (χ3n) is 3.04. The third kappa shape index (κ3) is 4.43. The minimum absolute atomic E-state index is 0.0734. The number of ether oxygens (including phenoxy) is 3. The second-order valence-electron chi connectivity index (χ2n) is 4.58. The van der Waals surface area contributed by atoms with Crippen LogP contribution in [-0.2, 0) is 30.4 Å². The average Bonchev–Trinajstić information content (AvgIpc) is 2.54. The van der Waals surface area contributed by atoms with E-state index in [4.69, 9.17) is 14.2 Å². The minimum atomic E-state index is -0.660. The maximum Gasteiger partial charge on any atom is 0.336 e. The van der Waals surface area contributed by atoms with Gasteiger partial charge in [0, 0.05) is 6.42 Å². The van der Waals surface area contributed by atoms with Crippen molar-refractivity contribution < 1.29 is 23.8 Å². The van der Waals surface area contributed by atoms with Gasteiger partial charge in [0.1, 0.15) is 6.61 Å². The molecule has 112 valence electrons. The van der Waals surface area contributed by atoms with Gasteiger partial charge >= 0.3 is 11.9 Å². The number of carbonyl (C=O) groups is 2. The standard InChI is InChI=1S/C16H18O5/c1-2-19-15(17)13-8-9-14(20-11-13)16(18)21-10-12-6-4-3-5-7-12/h3-8,14H,2,9-11H2,1H3. The molecule has 0 amide bonds. The molecule has 1 unspecified atom stereocenters. The number of esters is 2. The normalized spacial score (nSPS) is 17.8. The van der Waals surface area contributed by atoms with Crippen molar-refractivity contribution in [2.75, 3.05) is 13.2 Å². The molecule has 5 nitrogen and oxygen atoms in total. The molecule has 0 saturated carbocycles. The van der Waals surface area contributed by atoms with E-state index in [0.717, 1.165) is 5.56 Å². The van der Waals surface area contributed by atoms with E-state index in [1.165, 1.54) is 0 Å². The van der Waals surface area contributed by atoms with Crippen LogP contribution in [0.5, 0.6) is 0 Å². The lowest BCUT2D eigenvalue weighted by Gasteiger charge is -2.20. The maximum atomic E-state index is 11.9. The van der Waals surface area contributed by atoms with Gasteiger partial charge in [0.15, 0.2) is 6.10 Å². The van der Waals surface area contributed by atoms with Crippen LogP contribution in [0.3, 0.4) is 0 Å². The summed E-state index contributed by atoms with van der Waals surface area (Å²) in [6.07, 6.45) is 1.34. The van der Waals surface area contributed by atoms with E-state index >= 15 is 0 Å². The van der Waals surface area contributed by atoms with Gasteiger partial charge < -0.3 is 14.2 Å². The lowest BCUT2D eigenvalue weighted by Crippen LogP contribution is -2.31. The molecule has 0 spiro atoms. The van der Waals surface area contributed by atoms with E-state index in [9.17, 15) is 9.59 Å². The molecule has 0 bridgehead atoms. The van der Waals surface area contributed by atoms with Crippen LogP contribution in [0.2, 0.25) is 0 Å². The first-order chi connectivity index (χ1) is 10.2. The second kappa shape index (κ2) is 7.59. The Kier molecular flexibility index (Phi) is 5.51. The Labute approximate surface area is 123 Å². The first-order valence-electron chi connectivity index (χ1n) is 6.89. The molecular weight excluding hydrogens is 272 g/mol. The molecule has 2 rings (SSSR count). The van der Waals surface area contributed by atoms with Gasteiger partial charge in [-0.2, -0.15) is 0 Å². The van der Waals surface area contributed by atoms with Gasteiger partial charge in [-0.1, -0.05) is 36.4 Å². The van der Waals surface area contributed by atoms with Crippen molar-refractivity contribution in [3.63, 3.8) is 0 Å². The van der Waals surface area contributed by atoms with E-state index in [2.05, 4.69) is 0 Å². The Morgan fingerprint density at radius 2 is 2.00 bits per heavy atom. The van der Waals surface area contributed by atoms with Gasteiger partial charge in [-0.15, -0.1) is 0 Å². The topological polar surface area (TPSA) is 61.8 Å². The fourth-order valence-electron chi connectivity index (χ4n) is 1.92. The van der Waals surface area contributed by atoms with Crippen LogP contribution in [0.1, 0.15) is 18.9 Å². The predicted octanol–water partition coefficient (Wildman–Crippen LogP) is 2.01. The highest BCUT2D eigenvalue weighted by Gasteiger charge is 2.26. The summed E-state index contributed by atoms with van der Waals surface area (Å²) in [5.41, 5.74) is 1.37. The van der Waals surface area contributed by atoms with Gasteiger partial charge in [-0.25, -0.2) is 9.59 Å². The van der Waals surface area contributed by atoms with Gasteiger partial charge in [0.2, 0.25) is 0 Å². The van der Waals surface area contributed by atoms with E-state index in [0.29, 0.717) is 18.6 Å². The Morgan fingerprint density at radius 3 is 2.62 bits per heavy atom. The Hall–Kier alpha value is -2.14.